The van der Waals surface area contributed by atoms with Crippen LogP contribution in [0.1, 0.15) is 30.5 Å². The number of amides is 1. The third-order valence-corrected chi connectivity index (χ3v) is 4.31. The van der Waals surface area contributed by atoms with Crippen LogP contribution in [0, 0.1) is 12.7 Å². The highest BCUT2D eigenvalue weighted by Crippen LogP contribution is 2.42. The Balaban J connectivity index is 2.23. The number of Topliss-reactive ketones (excluding diaryl/α,β-unsaturated/α-hetero) is 1. The summed E-state index contributed by atoms with van der Waals surface area (Å²) in [6.07, 6.45) is 0.110. The van der Waals surface area contributed by atoms with Gasteiger partial charge in [-0.05, 0) is 30.7 Å². The number of ketones is 1. The fraction of sp³-hybridized carbons (Fsp3) is 0.200. The fourth-order valence-electron chi connectivity index (χ4n) is 3.12. The molecule has 2 aromatic carbocycles. The predicted octanol–water partition coefficient (Wildman–Crippen LogP) is 4.01. The molecule has 128 valence electrons. The second-order valence-corrected chi connectivity index (χ2v) is 5.98. The molecule has 0 spiro atoms. The lowest BCUT2D eigenvalue weighted by Crippen LogP contribution is -2.31. The number of aliphatic hydroxyl groups is 1. The Bertz CT molecular complexity index is 888. The van der Waals surface area contributed by atoms with E-state index in [9.17, 15) is 19.1 Å². The van der Waals surface area contributed by atoms with Gasteiger partial charge in [0.1, 0.15) is 5.82 Å². The van der Waals surface area contributed by atoms with Gasteiger partial charge in [0.25, 0.3) is 5.91 Å². The van der Waals surface area contributed by atoms with E-state index in [0.29, 0.717) is 5.69 Å². The molecule has 1 heterocycles. The van der Waals surface area contributed by atoms with Crippen molar-refractivity contribution >= 4 is 17.4 Å². The summed E-state index contributed by atoms with van der Waals surface area (Å²) in [5.41, 5.74) is 1.54. The molecule has 1 aliphatic rings. The molecular formula is C20H18FNO3. The van der Waals surface area contributed by atoms with Crippen molar-refractivity contribution in [2.75, 3.05) is 4.90 Å². The fourth-order valence-corrected chi connectivity index (χ4v) is 3.12. The highest BCUT2D eigenvalue weighted by molar-refractivity contribution is 6.16. The molecule has 1 amide bonds. The quantitative estimate of drug-likeness (QED) is 0.915. The van der Waals surface area contributed by atoms with Crippen molar-refractivity contribution in [2.45, 2.75) is 26.3 Å². The van der Waals surface area contributed by atoms with Gasteiger partial charge in [-0.2, -0.15) is 0 Å². The van der Waals surface area contributed by atoms with E-state index < -0.39 is 23.5 Å². The first-order valence-electron chi connectivity index (χ1n) is 8.06. The van der Waals surface area contributed by atoms with E-state index in [1.807, 2.05) is 13.0 Å². The summed E-state index contributed by atoms with van der Waals surface area (Å²) in [4.78, 5) is 26.4. The molecule has 0 aliphatic carbocycles. The van der Waals surface area contributed by atoms with Crippen LogP contribution < -0.4 is 4.90 Å². The van der Waals surface area contributed by atoms with E-state index in [4.69, 9.17) is 0 Å². The Morgan fingerprint density at radius 2 is 1.92 bits per heavy atom. The minimum atomic E-state index is -0.983. The highest BCUT2D eigenvalue weighted by atomic mass is 19.1. The van der Waals surface area contributed by atoms with Crippen molar-refractivity contribution in [1.82, 2.24) is 0 Å². The monoisotopic (exact) mass is 339 g/mol. The first kappa shape index (κ1) is 16.9. The molecule has 0 saturated heterocycles. The Morgan fingerprint density at radius 3 is 2.56 bits per heavy atom. The van der Waals surface area contributed by atoms with Crippen molar-refractivity contribution in [1.29, 1.82) is 0 Å². The smallest absolute Gasteiger partial charge is 0.294 e. The number of benzene rings is 2. The van der Waals surface area contributed by atoms with E-state index in [0.717, 1.165) is 5.56 Å². The zero-order valence-corrected chi connectivity index (χ0v) is 14.0. The molecule has 1 unspecified atom stereocenters. The topological polar surface area (TPSA) is 57.6 Å². The number of carbonyl (C=O) groups excluding carboxylic acids is 2. The van der Waals surface area contributed by atoms with E-state index in [1.165, 1.54) is 23.1 Å². The van der Waals surface area contributed by atoms with Gasteiger partial charge in [-0.15, -0.1) is 0 Å². The van der Waals surface area contributed by atoms with Gasteiger partial charge in [-0.3, -0.25) is 14.5 Å². The predicted molar refractivity (Wildman–Crippen MR) is 92.8 cm³/mol. The van der Waals surface area contributed by atoms with Crippen molar-refractivity contribution in [3.8, 4) is 0 Å². The largest absolute Gasteiger partial charge is 0.503 e. The van der Waals surface area contributed by atoms with Crippen LogP contribution in [0.4, 0.5) is 10.1 Å². The first-order valence-corrected chi connectivity index (χ1v) is 8.06. The standard InChI is InChI=1S/C20H18FNO3/c1-3-16(23)17-18(14-9-4-5-10-15(14)21)22(20(25)19(17)24)13-8-6-7-12(2)11-13/h4-11,18,24H,3H2,1-2H3. The van der Waals surface area contributed by atoms with Crippen molar-refractivity contribution in [3.63, 3.8) is 0 Å². The number of rotatable bonds is 4. The van der Waals surface area contributed by atoms with Crippen LogP contribution in [0.15, 0.2) is 59.9 Å². The Labute approximate surface area is 145 Å². The number of hydrogen-bond acceptors (Lipinski definition) is 3. The lowest BCUT2D eigenvalue weighted by molar-refractivity contribution is -0.118. The molecule has 0 radical (unpaired) electrons. The van der Waals surface area contributed by atoms with E-state index >= 15 is 0 Å². The van der Waals surface area contributed by atoms with Gasteiger partial charge in [-0.25, -0.2) is 4.39 Å². The molecule has 25 heavy (non-hydrogen) atoms. The summed E-state index contributed by atoms with van der Waals surface area (Å²) >= 11 is 0. The number of aryl methyl sites for hydroxylation is 1. The maximum atomic E-state index is 14.5. The summed E-state index contributed by atoms with van der Waals surface area (Å²) in [5.74, 6) is -2.22. The molecule has 0 saturated carbocycles. The van der Waals surface area contributed by atoms with Crippen LogP contribution in [0.5, 0.6) is 0 Å². The normalized spacial score (nSPS) is 17.3. The second kappa shape index (κ2) is 6.51. The van der Waals surface area contributed by atoms with Crippen LogP contribution >= 0.6 is 0 Å². The average Bonchev–Trinajstić information content (AvgIpc) is 2.86. The third-order valence-electron chi connectivity index (χ3n) is 4.31. The van der Waals surface area contributed by atoms with Crippen molar-refractivity contribution in [3.05, 3.63) is 76.8 Å². The van der Waals surface area contributed by atoms with Crippen molar-refractivity contribution < 1.29 is 19.1 Å². The molecule has 1 N–H and O–H groups in total. The zero-order chi connectivity index (χ0) is 18.1. The lowest BCUT2D eigenvalue weighted by Gasteiger charge is -2.27. The minimum Gasteiger partial charge on any atom is -0.503 e. The molecule has 5 heteroatoms. The highest BCUT2D eigenvalue weighted by Gasteiger charge is 2.44. The lowest BCUT2D eigenvalue weighted by atomic mass is 9.94. The Hall–Kier alpha value is -2.95. The summed E-state index contributed by atoms with van der Waals surface area (Å²) in [5, 5.41) is 10.3. The summed E-state index contributed by atoms with van der Waals surface area (Å²) in [6, 6.07) is 12.1. The number of aliphatic hydroxyl groups excluding tert-OH is 1. The summed E-state index contributed by atoms with van der Waals surface area (Å²) in [7, 11) is 0. The average molecular weight is 339 g/mol. The van der Waals surface area contributed by atoms with Gasteiger partial charge < -0.3 is 5.11 Å². The van der Waals surface area contributed by atoms with Gasteiger partial charge in [0.05, 0.1) is 11.6 Å². The Morgan fingerprint density at radius 1 is 1.20 bits per heavy atom. The van der Waals surface area contributed by atoms with Crippen molar-refractivity contribution in [2.24, 2.45) is 0 Å². The van der Waals surface area contributed by atoms with Gasteiger partial charge in [0, 0.05) is 17.7 Å². The van der Waals surface area contributed by atoms with Crippen LogP contribution in [-0.4, -0.2) is 16.8 Å². The van der Waals surface area contributed by atoms with Crippen LogP contribution in [-0.2, 0) is 9.59 Å². The van der Waals surface area contributed by atoms with E-state index in [1.54, 1.807) is 31.2 Å². The third kappa shape index (κ3) is 2.82. The molecule has 3 rings (SSSR count). The van der Waals surface area contributed by atoms with E-state index in [-0.39, 0.29) is 23.3 Å². The first-order chi connectivity index (χ1) is 12.0. The SMILES string of the molecule is CCC(=O)C1=C(O)C(=O)N(c2cccc(C)c2)C1c1ccccc1F. The maximum absolute atomic E-state index is 14.5. The van der Waals surface area contributed by atoms with Gasteiger partial charge in [0.2, 0.25) is 0 Å². The van der Waals surface area contributed by atoms with Crippen LogP contribution in [0.3, 0.4) is 0 Å². The molecule has 0 aromatic heterocycles. The van der Waals surface area contributed by atoms with Gasteiger partial charge in [0.15, 0.2) is 11.5 Å². The molecule has 2 aromatic rings. The maximum Gasteiger partial charge on any atom is 0.294 e. The molecule has 4 nitrogen and oxygen atoms in total. The zero-order valence-electron chi connectivity index (χ0n) is 14.0. The molecule has 1 aliphatic heterocycles. The molecule has 0 bridgehead atoms. The molecule has 1 atom stereocenters. The van der Waals surface area contributed by atoms with Crippen LogP contribution in [0.25, 0.3) is 0 Å². The number of halogens is 1. The van der Waals surface area contributed by atoms with Gasteiger partial charge >= 0.3 is 0 Å². The minimum absolute atomic E-state index is 0.0564. The number of nitrogens with zero attached hydrogens (tertiary/aromatic N) is 1. The summed E-state index contributed by atoms with van der Waals surface area (Å²) in [6.45, 7) is 3.51. The Kier molecular flexibility index (Phi) is 4.40. The summed E-state index contributed by atoms with van der Waals surface area (Å²) < 4.78 is 14.5. The second-order valence-electron chi connectivity index (χ2n) is 5.98. The number of carbonyl (C=O) groups is 2. The van der Waals surface area contributed by atoms with Crippen LogP contribution in [0.2, 0.25) is 0 Å². The van der Waals surface area contributed by atoms with Gasteiger partial charge in [-0.1, -0.05) is 37.3 Å². The number of hydrogen-bond donors (Lipinski definition) is 1. The number of anilines is 1. The molecule has 0 fully saturated rings. The van der Waals surface area contributed by atoms with E-state index in [2.05, 4.69) is 0 Å². The molecular weight excluding hydrogens is 321 g/mol.